The normalized spacial score (nSPS) is 11.0. The Labute approximate surface area is 123 Å². The van der Waals surface area contributed by atoms with Crippen LogP contribution in [0.2, 0.25) is 0 Å². The first kappa shape index (κ1) is 12.0. The van der Waals surface area contributed by atoms with Gasteiger partial charge >= 0.3 is 0 Å². The maximum absolute atomic E-state index is 5.65. The Bertz CT molecular complexity index is 930. The molecule has 0 unspecified atom stereocenters. The molecule has 102 valence electrons. The van der Waals surface area contributed by atoms with Gasteiger partial charge < -0.3 is 10.3 Å². The Morgan fingerprint density at radius 2 is 2.05 bits per heavy atom. The highest BCUT2D eigenvalue weighted by Gasteiger charge is 2.12. The number of anilines is 1. The van der Waals surface area contributed by atoms with Crippen LogP contribution in [0.4, 0.5) is 5.82 Å². The highest BCUT2D eigenvalue weighted by Crippen LogP contribution is 2.26. The molecule has 0 atom stereocenters. The Morgan fingerprint density at radius 3 is 2.95 bits per heavy atom. The Morgan fingerprint density at radius 1 is 1.10 bits per heavy atom. The van der Waals surface area contributed by atoms with E-state index in [4.69, 9.17) is 10.3 Å². The van der Waals surface area contributed by atoms with Crippen LogP contribution in [0.5, 0.6) is 0 Å². The van der Waals surface area contributed by atoms with Gasteiger partial charge in [-0.1, -0.05) is 5.16 Å². The summed E-state index contributed by atoms with van der Waals surface area (Å²) >= 11 is 1.63. The molecule has 0 aliphatic carbocycles. The number of rotatable bonds is 2. The molecule has 21 heavy (non-hydrogen) atoms. The minimum atomic E-state index is 0.408. The number of hydrogen-bond donors (Lipinski definition) is 1. The first-order valence-electron chi connectivity index (χ1n) is 6.19. The van der Waals surface area contributed by atoms with Crippen LogP contribution in [0.3, 0.4) is 0 Å². The second-order valence-electron chi connectivity index (χ2n) is 4.42. The van der Waals surface area contributed by atoms with E-state index < -0.39 is 0 Å². The first-order valence-corrected chi connectivity index (χ1v) is 7.07. The van der Waals surface area contributed by atoms with Crippen molar-refractivity contribution in [2.24, 2.45) is 0 Å². The lowest BCUT2D eigenvalue weighted by atomic mass is 10.2. The molecule has 4 aromatic heterocycles. The number of fused-ring (bicyclic) bond motifs is 1. The molecule has 0 saturated heterocycles. The summed E-state index contributed by atoms with van der Waals surface area (Å²) in [6.45, 7) is 0. The van der Waals surface area contributed by atoms with Crippen LogP contribution < -0.4 is 5.73 Å². The van der Waals surface area contributed by atoms with E-state index in [2.05, 4.69) is 20.1 Å². The number of hydrogen-bond acceptors (Lipinski definition) is 7. The lowest BCUT2D eigenvalue weighted by Gasteiger charge is -1.95. The molecule has 0 bridgehead atoms. The third-order valence-corrected chi connectivity index (χ3v) is 3.87. The van der Waals surface area contributed by atoms with Crippen LogP contribution in [0.15, 0.2) is 46.6 Å². The molecule has 4 heterocycles. The molecule has 2 N–H and O–H groups in total. The minimum absolute atomic E-state index is 0.408. The molecule has 0 fully saturated rings. The van der Waals surface area contributed by atoms with E-state index in [0.29, 0.717) is 17.5 Å². The second-order valence-corrected chi connectivity index (χ2v) is 5.37. The van der Waals surface area contributed by atoms with E-state index in [1.54, 1.807) is 35.9 Å². The topological polar surface area (TPSA) is 90.7 Å². The summed E-state index contributed by atoms with van der Waals surface area (Å²) in [5, 5.41) is 6.00. The SMILES string of the molecule is Nc1cc(-c2nc(-c3cnc4ccsc4c3)no2)ccn1. The third kappa shape index (κ3) is 2.13. The second kappa shape index (κ2) is 4.64. The molecule has 6 nitrogen and oxygen atoms in total. The van der Waals surface area contributed by atoms with Crippen molar-refractivity contribution >= 4 is 27.4 Å². The van der Waals surface area contributed by atoms with Crippen LogP contribution in [0.1, 0.15) is 0 Å². The van der Waals surface area contributed by atoms with Gasteiger partial charge in [0.25, 0.3) is 5.89 Å². The van der Waals surface area contributed by atoms with Gasteiger partial charge in [0.15, 0.2) is 0 Å². The van der Waals surface area contributed by atoms with Crippen LogP contribution in [0.25, 0.3) is 33.1 Å². The summed E-state index contributed by atoms with van der Waals surface area (Å²) < 4.78 is 6.37. The number of nitrogen functional groups attached to an aromatic ring is 1. The van der Waals surface area contributed by atoms with Gasteiger partial charge in [0.2, 0.25) is 5.82 Å². The first-order chi connectivity index (χ1) is 10.3. The van der Waals surface area contributed by atoms with Gasteiger partial charge in [-0.2, -0.15) is 4.98 Å². The van der Waals surface area contributed by atoms with Crippen molar-refractivity contribution in [3.05, 3.63) is 42.0 Å². The lowest BCUT2D eigenvalue weighted by Crippen LogP contribution is -1.89. The molecular weight excluding hydrogens is 286 g/mol. The molecule has 0 aliphatic heterocycles. The minimum Gasteiger partial charge on any atom is -0.384 e. The fraction of sp³-hybridized carbons (Fsp3) is 0. The van der Waals surface area contributed by atoms with Gasteiger partial charge in [0, 0.05) is 23.5 Å². The number of nitrogens with two attached hydrogens (primary N) is 1. The molecular formula is C14H9N5OS. The summed E-state index contributed by atoms with van der Waals surface area (Å²) in [4.78, 5) is 12.7. The molecule has 0 saturated carbocycles. The molecule has 0 radical (unpaired) electrons. The van der Waals surface area contributed by atoms with Crippen molar-refractivity contribution in [3.8, 4) is 22.8 Å². The van der Waals surface area contributed by atoms with E-state index in [9.17, 15) is 0 Å². The Balaban J connectivity index is 1.76. The van der Waals surface area contributed by atoms with Crippen LogP contribution >= 0.6 is 11.3 Å². The quantitative estimate of drug-likeness (QED) is 0.611. The number of aromatic nitrogens is 4. The summed E-state index contributed by atoms with van der Waals surface area (Å²) in [5.74, 6) is 1.32. The average Bonchev–Trinajstić information content (AvgIpc) is 3.15. The highest BCUT2D eigenvalue weighted by atomic mass is 32.1. The van der Waals surface area contributed by atoms with Crippen molar-refractivity contribution in [1.82, 2.24) is 20.1 Å². The maximum atomic E-state index is 5.65. The monoisotopic (exact) mass is 295 g/mol. The summed E-state index contributed by atoms with van der Waals surface area (Å²) in [6, 6.07) is 7.44. The number of thiophene rings is 1. The van der Waals surface area contributed by atoms with Crippen LogP contribution in [-0.2, 0) is 0 Å². The fourth-order valence-electron chi connectivity index (χ4n) is 2.01. The molecule has 0 amide bonds. The predicted molar refractivity (Wildman–Crippen MR) is 80.6 cm³/mol. The largest absolute Gasteiger partial charge is 0.384 e. The van der Waals surface area contributed by atoms with Crippen molar-refractivity contribution in [3.63, 3.8) is 0 Å². The molecule has 0 aliphatic rings. The maximum Gasteiger partial charge on any atom is 0.258 e. The highest BCUT2D eigenvalue weighted by molar-refractivity contribution is 7.17. The van der Waals surface area contributed by atoms with E-state index in [1.165, 1.54) is 0 Å². The smallest absolute Gasteiger partial charge is 0.258 e. The molecule has 0 spiro atoms. The standard InChI is InChI=1S/C14H9N5OS/c15-12-6-8(1-3-16-12)14-18-13(19-20-14)9-5-11-10(17-7-9)2-4-21-11/h1-7H,(H2,15,16). The third-order valence-electron chi connectivity index (χ3n) is 3.01. The van der Waals surface area contributed by atoms with E-state index in [1.807, 2.05) is 17.5 Å². The predicted octanol–water partition coefficient (Wildman–Crippen LogP) is 2.99. The van der Waals surface area contributed by atoms with Gasteiger partial charge in [0.1, 0.15) is 5.82 Å². The van der Waals surface area contributed by atoms with E-state index in [-0.39, 0.29) is 0 Å². The Kier molecular flexibility index (Phi) is 2.65. The summed E-state index contributed by atoms with van der Waals surface area (Å²) in [5.41, 5.74) is 8.19. The van der Waals surface area contributed by atoms with Crippen molar-refractivity contribution in [2.45, 2.75) is 0 Å². The summed E-state index contributed by atoms with van der Waals surface area (Å²) in [6.07, 6.45) is 3.35. The molecule has 7 heteroatoms. The van der Waals surface area contributed by atoms with Crippen molar-refractivity contribution < 1.29 is 4.52 Å². The van der Waals surface area contributed by atoms with Crippen molar-refractivity contribution in [2.75, 3.05) is 5.73 Å². The van der Waals surface area contributed by atoms with Gasteiger partial charge in [-0.3, -0.25) is 4.98 Å². The van der Waals surface area contributed by atoms with Gasteiger partial charge in [0.05, 0.1) is 10.2 Å². The zero-order chi connectivity index (χ0) is 14.2. The van der Waals surface area contributed by atoms with Gasteiger partial charge in [-0.05, 0) is 29.6 Å². The Hall–Kier alpha value is -2.80. The zero-order valence-electron chi connectivity index (χ0n) is 10.7. The zero-order valence-corrected chi connectivity index (χ0v) is 11.5. The van der Waals surface area contributed by atoms with Crippen molar-refractivity contribution in [1.29, 1.82) is 0 Å². The van der Waals surface area contributed by atoms with E-state index in [0.717, 1.165) is 21.3 Å². The molecule has 4 aromatic rings. The average molecular weight is 295 g/mol. The lowest BCUT2D eigenvalue weighted by molar-refractivity contribution is 0.432. The summed E-state index contributed by atoms with van der Waals surface area (Å²) in [7, 11) is 0. The number of pyridine rings is 2. The molecule has 4 rings (SSSR count). The molecule has 0 aromatic carbocycles. The van der Waals surface area contributed by atoms with Gasteiger partial charge in [-0.25, -0.2) is 4.98 Å². The van der Waals surface area contributed by atoms with Crippen LogP contribution in [-0.4, -0.2) is 20.1 Å². The number of nitrogens with zero attached hydrogens (tertiary/aromatic N) is 4. The fourth-order valence-corrected chi connectivity index (χ4v) is 2.79. The van der Waals surface area contributed by atoms with E-state index >= 15 is 0 Å². The van der Waals surface area contributed by atoms with Crippen LogP contribution in [0, 0.1) is 0 Å². The van der Waals surface area contributed by atoms with Gasteiger partial charge in [-0.15, -0.1) is 11.3 Å².